The van der Waals surface area contributed by atoms with Gasteiger partial charge in [-0.3, -0.25) is 14.5 Å². The van der Waals surface area contributed by atoms with Crippen LogP contribution < -0.4 is 5.32 Å². The molecule has 0 aliphatic carbocycles. The lowest BCUT2D eigenvalue weighted by Crippen LogP contribution is -2.58. The second-order valence-corrected chi connectivity index (χ2v) is 13.3. The smallest absolute Gasteiger partial charge is 0.411 e. The fourth-order valence-corrected chi connectivity index (χ4v) is 6.26. The molecule has 3 amide bonds. The van der Waals surface area contributed by atoms with Gasteiger partial charge in [0.1, 0.15) is 23.5 Å². The molecule has 47 heavy (non-hydrogen) atoms. The number of hydrogen-bond donors (Lipinski definition) is 1. The lowest BCUT2D eigenvalue weighted by atomic mass is 9.93. The Bertz CT molecular complexity index is 1560. The SMILES string of the molecule is C=CC[C@H]1C[C@@H](OCc2ccccc2)CN1C(=O)[C@@H](Cc1ccc(F)cc1)NC(=O)C1Cc2ccccc2CN1C(=O)OC(C)(C)C. The van der Waals surface area contributed by atoms with E-state index in [1.165, 1.54) is 17.0 Å². The summed E-state index contributed by atoms with van der Waals surface area (Å²) < 4.78 is 25.7. The molecule has 4 atom stereocenters. The summed E-state index contributed by atoms with van der Waals surface area (Å²) >= 11 is 0. The number of rotatable bonds is 10. The van der Waals surface area contributed by atoms with Gasteiger partial charge in [0.05, 0.1) is 19.3 Å². The number of likely N-dealkylation sites (tertiary alicyclic amines) is 1. The van der Waals surface area contributed by atoms with E-state index < -0.39 is 35.5 Å². The largest absolute Gasteiger partial charge is 0.444 e. The van der Waals surface area contributed by atoms with E-state index in [0.29, 0.717) is 31.6 Å². The molecule has 3 aromatic carbocycles. The maximum Gasteiger partial charge on any atom is 0.411 e. The van der Waals surface area contributed by atoms with Crippen molar-refractivity contribution in [3.8, 4) is 0 Å². The van der Waals surface area contributed by atoms with Crippen LogP contribution in [-0.4, -0.2) is 64.1 Å². The molecule has 9 heteroatoms. The zero-order valence-electron chi connectivity index (χ0n) is 27.4. The average molecular weight is 642 g/mol. The van der Waals surface area contributed by atoms with Crippen LogP contribution in [-0.2, 0) is 45.1 Å². The first-order valence-corrected chi connectivity index (χ1v) is 16.2. The number of benzene rings is 3. The molecule has 248 valence electrons. The number of ether oxygens (including phenoxy) is 2. The molecule has 0 saturated carbocycles. The molecular weight excluding hydrogens is 597 g/mol. The summed E-state index contributed by atoms with van der Waals surface area (Å²) in [5.74, 6) is -1.11. The second kappa shape index (κ2) is 14.9. The number of halogens is 1. The van der Waals surface area contributed by atoms with Crippen molar-refractivity contribution in [1.29, 1.82) is 0 Å². The van der Waals surface area contributed by atoms with Crippen LogP contribution in [0, 0.1) is 5.82 Å². The van der Waals surface area contributed by atoms with Crippen molar-refractivity contribution >= 4 is 17.9 Å². The molecular formula is C38H44FN3O5. The number of carbonyl (C=O) groups excluding carboxylic acids is 3. The van der Waals surface area contributed by atoms with Gasteiger partial charge in [-0.05, 0) is 68.0 Å². The van der Waals surface area contributed by atoms with E-state index in [1.54, 1.807) is 43.9 Å². The molecule has 5 rings (SSSR count). The Kier molecular flexibility index (Phi) is 10.8. The molecule has 1 saturated heterocycles. The number of hydrogen-bond acceptors (Lipinski definition) is 5. The van der Waals surface area contributed by atoms with E-state index in [0.717, 1.165) is 16.7 Å². The van der Waals surface area contributed by atoms with Crippen LogP contribution in [0.2, 0.25) is 0 Å². The topological polar surface area (TPSA) is 88.2 Å². The van der Waals surface area contributed by atoms with Gasteiger partial charge in [-0.1, -0.05) is 72.8 Å². The Labute approximate surface area is 276 Å². The van der Waals surface area contributed by atoms with Crippen LogP contribution in [0.1, 0.15) is 55.9 Å². The van der Waals surface area contributed by atoms with Crippen molar-refractivity contribution < 1.29 is 28.2 Å². The summed E-state index contributed by atoms with van der Waals surface area (Å²) in [5.41, 5.74) is 2.87. The first-order valence-electron chi connectivity index (χ1n) is 16.2. The zero-order valence-corrected chi connectivity index (χ0v) is 27.4. The maximum absolute atomic E-state index is 14.4. The molecule has 8 nitrogen and oxygen atoms in total. The average Bonchev–Trinajstić information content (AvgIpc) is 3.46. The van der Waals surface area contributed by atoms with Crippen LogP contribution in [0.5, 0.6) is 0 Å². The van der Waals surface area contributed by atoms with Gasteiger partial charge < -0.3 is 19.7 Å². The molecule has 1 N–H and O–H groups in total. The number of amides is 3. The summed E-state index contributed by atoms with van der Waals surface area (Å²) in [5, 5.41) is 3.00. The Morgan fingerprint density at radius 3 is 2.32 bits per heavy atom. The molecule has 2 aliphatic rings. The highest BCUT2D eigenvalue weighted by atomic mass is 19.1. The number of nitrogens with zero attached hydrogens (tertiary/aromatic N) is 2. The minimum Gasteiger partial charge on any atom is -0.444 e. The van der Waals surface area contributed by atoms with Gasteiger partial charge in [0.15, 0.2) is 0 Å². The Balaban J connectivity index is 1.39. The summed E-state index contributed by atoms with van der Waals surface area (Å²) in [7, 11) is 0. The van der Waals surface area contributed by atoms with Crippen molar-refractivity contribution in [1.82, 2.24) is 15.1 Å². The summed E-state index contributed by atoms with van der Waals surface area (Å²) in [4.78, 5) is 45.1. The summed E-state index contributed by atoms with van der Waals surface area (Å²) in [6.45, 7) is 10.2. The Morgan fingerprint density at radius 1 is 0.957 bits per heavy atom. The second-order valence-electron chi connectivity index (χ2n) is 13.3. The number of carbonyl (C=O) groups is 3. The first-order chi connectivity index (χ1) is 22.5. The van der Waals surface area contributed by atoms with E-state index in [4.69, 9.17) is 9.47 Å². The summed E-state index contributed by atoms with van der Waals surface area (Å²) in [6, 6.07) is 21.4. The van der Waals surface area contributed by atoms with E-state index in [2.05, 4.69) is 11.9 Å². The Morgan fingerprint density at radius 2 is 1.64 bits per heavy atom. The molecule has 0 aromatic heterocycles. The lowest BCUT2D eigenvalue weighted by Gasteiger charge is -2.38. The fourth-order valence-electron chi connectivity index (χ4n) is 6.26. The van der Waals surface area contributed by atoms with Crippen LogP contribution >= 0.6 is 0 Å². The number of fused-ring (bicyclic) bond motifs is 1. The normalized spacial score (nSPS) is 19.9. The van der Waals surface area contributed by atoms with Crippen molar-refractivity contribution in [2.45, 2.75) is 89.4 Å². The molecule has 0 radical (unpaired) electrons. The highest BCUT2D eigenvalue weighted by Crippen LogP contribution is 2.28. The minimum absolute atomic E-state index is 0.146. The van der Waals surface area contributed by atoms with Gasteiger partial charge in [-0.15, -0.1) is 6.58 Å². The molecule has 1 unspecified atom stereocenters. The predicted molar refractivity (Wildman–Crippen MR) is 178 cm³/mol. The van der Waals surface area contributed by atoms with E-state index >= 15 is 0 Å². The van der Waals surface area contributed by atoms with Crippen LogP contribution in [0.25, 0.3) is 0 Å². The van der Waals surface area contributed by atoms with Crippen molar-refractivity contribution in [3.05, 3.63) is 120 Å². The monoisotopic (exact) mass is 641 g/mol. The highest BCUT2D eigenvalue weighted by Gasteiger charge is 2.41. The molecule has 0 spiro atoms. The standard InChI is InChI=1S/C38H44FN3O5/c1-5-11-31-22-32(46-25-27-12-7-6-8-13-27)24-41(31)36(44)33(20-26-16-18-30(39)19-17-26)40-35(43)34-21-28-14-9-10-15-29(28)23-42(34)37(45)47-38(2,3)4/h5-10,12-19,31-34H,1,11,20-25H2,2-4H3,(H,40,43)/t31-,32+,33+,34?/m0/s1. The third-order valence-corrected chi connectivity index (χ3v) is 8.57. The van der Waals surface area contributed by atoms with Gasteiger partial charge in [0, 0.05) is 25.4 Å². The van der Waals surface area contributed by atoms with Crippen molar-refractivity contribution in [2.75, 3.05) is 6.54 Å². The molecule has 1 fully saturated rings. The Hall–Kier alpha value is -4.50. The van der Waals surface area contributed by atoms with Gasteiger partial charge in [-0.2, -0.15) is 0 Å². The highest BCUT2D eigenvalue weighted by molar-refractivity contribution is 5.92. The third-order valence-electron chi connectivity index (χ3n) is 8.57. The molecule has 3 aromatic rings. The molecule has 0 bridgehead atoms. The fraction of sp³-hybridized carbons (Fsp3) is 0.395. The molecule has 2 heterocycles. The molecule has 2 aliphatic heterocycles. The van der Waals surface area contributed by atoms with E-state index in [9.17, 15) is 18.8 Å². The lowest BCUT2D eigenvalue weighted by molar-refractivity contribution is -0.139. The van der Waals surface area contributed by atoms with Gasteiger partial charge >= 0.3 is 6.09 Å². The van der Waals surface area contributed by atoms with Gasteiger partial charge in [0.25, 0.3) is 0 Å². The van der Waals surface area contributed by atoms with Gasteiger partial charge in [0.2, 0.25) is 11.8 Å². The van der Waals surface area contributed by atoms with Crippen molar-refractivity contribution in [2.24, 2.45) is 0 Å². The maximum atomic E-state index is 14.4. The van der Waals surface area contributed by atoms with Crippen LogP contribution in [0.3, 0.4) is 0 Å². The van der Waals surface area contributed by atoms with Gasteiger partial charge in [-0.25, -0.2) is 9.18 Å². The van der Waals surface area contributed by atoms with Crippen LogP contribution in [0.15, 0.2) is 91.5 Å². The van der Waals surface area contributed by atoms with Crippen molar-refractivity contribution in [3.63, 3.8) is 0 Å². The quantitative estimate of drug-likeness (QED) is 0.276. The first kappa shape index (κ1) is 33.9. The zero-order chi connectivity index (χ0) is 33.6. The predicted octanol–water partition coefficient (Wildman–Crippen LogP) is 5.98. The third kappa shape index (κ3) is 8.86. The van der Waals surface area contributed by atoms with Crippen LogP contribution in [0.4, 0.5) is 9.18 Å². The van der Waals surface area contributed by atoms with E-state index in [1.807, 2.05) is 54.6 Å². The summed E-state index contributed by atoms with van der Waals surface area (Å²) in [6.07, 6.45) is 2.62. The minimum atomic E-state index is -0.967. The van der Waals surface area contributed by atoms with E-state index in [-0.39, 0.29) is 37.4 Å². The number of nitrogens with one attached hydrogen (secondary N) is 1.